The molecule has 14 rings (SSSR count). The van der Waals surface area contributed by atoms with Gasteiger partial charge in [-0.1, -0.05) is 211 Å². The predicted octanol–water partition coefficient (Wildman–Crippen LogP) is 18.7. The molecule has 0 radical (unpaired) electrons. The molecule has 0 saturated heterocycles. The van der Waals surface area contributed by atoms with E-state index in [1.165, 1.54) is 89.0 Å². The first-order valence-electron chi connectivity index (χ1n) is 26.9. The van der Waals surface area contributed by atoms with Gasteiger partial charge in [-0.15, -0.1) is 0 Å². The molecule has 77 heavy (non-hydrogen) atoms. The topological polar surface area (TPSA) is 11.4 Å². The van der Waals surface area contributed by atoms with Crippen LogP contribution >= 0.6 is 0 Å². The zero-order chi connectivity index (χ0) is 51.8. The number of nitrogens with zero attached hydrogens (tertiary/aromatic N) is 3. The van der Waals surface area contributed by atoms with Crippen molar-refractivity contribution in [3.05, 3.63) is 340 Å². The fraction of sp³-hybridized carbons (Fsp3) is 0.0811. The molecule has 1 heterocycles. The first-order chi connectivity index (χ1) is 37.8. The van der Waals surface area contributed by atoms with Crippen molar-refractivity contribution in [1.82, 2.24) is 4.68 Å². The van der Waals surface area contributed by atoms with E-state index in [1.54, 1.807) is 0 Å². The molecule has 0 unspecified atom stereocenters. The van der Waals surface area contributed by atoms with E-state index < -0.39 is 10.8 Å². The summed E-state index contributed by atoms with van der Waals surface area (Å²) in [4.78, 5) is 2.45. The van der Waals surface area contributed by atoms with Crippen molar-refractivity contribution in [2.45, 2.75) is 38.5 Å². The van der Waals surface area contributed by atoms with Crippen molar-refractivity contribution in [3.63, 3.8) is 0 Å². The maximum Gasteiger partial charge on any atom is 0.0723 e. The monoisotopic (exact) mass is 987 g/mol. The van der Waals surface area contributed by atoms with Gasteiger partial charge in [-0.25, -0.2) is 5.01 Å². The molecule has 368 valence electrons. The highest BCUT2D eigenvalue weighted by molar-refractivity contribution is 5.92. The summed E-state index contributed by atoms with van der Waals surface area (Å²) in [6, 6.07) is 99.9. The average molecular weight is 988 g/mol. The van der Waals surface area contributed by atoms with Crippen molar-refractivity contribution in [3.8, 4) is 22.3 Å². The molecule has 1 aromatic heterocycles. The lowest BCUT2D eigenvalue weighted by Gasteiger charge is -2.36. The maximum absolute atomic E-state index is 2.45. The molecule has 3 nitrogen and oxygen atoms in total. The fourth-order valence-corrected chi connectivity index (χ4v) is 13.3. The molecule has 0 bridgehead atoms. The van der Waals surface area contributed by atoms with Crippen molar-refractivity contribution in [2.24, 2.45) is 0 Å². The fourth-order valence-electron chi connectivity index (χ4n) is 13.3. The smallest absolute Gasteiger partial charge is 0.0723 e. The van der Waals surface area contributed by atoms with Gasteiger partial charge in [0.2, 0.25) is 0 Å². The second-order valence-electron chi connectivity index (χ2n) is 21.3. The second-order valence-corrected chi connectivity index (χ2v) is 21.3. The summed E-state index contributed by atoms with van der Waals surface area (Å²) in [6.45, 7) is 8.78. The first-order valence-corrected chi connectivity index (χ1v) is 26.9. The summed E-state index contributed by atoms with van der Waals surface area (Å²) >= 11 is 0. The van der Waals surface area contributed by atoms with Gasteiger partial charge in [0.15, 0.2) is 0 Å². The van der Waals surface area contributed by atoms with E-state index in [4.69, 9.17) is 0 Å². The van der Waals surface area contributed by atoms with E-state index in [0.717, 1.165) is 39.3 Å². The van der Waals surface area contributed by atoms with Crippen LogP contribution in [0.3, 0.4) is 0 Å². The number of rotatable bonds is 10. The summed E-state index contributed by atoms with van der Waals surface area (Å²) in [5.41, 5.74) is 25.5. The third-order valence-corrected chi connectivity index (χ3v) is 16.5. The number of anilines is 5. The number of aryl methyl sites for hydroxylation is 4. The Morgan fingerprint density at radius 1 is 0.286 bits per heavy atom. The third-order valence-electron chi connectivity index (χ3n) is 16.5. The third kappa shape index (κ3) is 7.18. The SMILES string of the molecule is Cc1cccc(N(c2cccc(C3(c4cccc(C)c4)c4ccccc4-c4ccccc43)c2)c2ccc3ccn(N(c4cccc(C)c4)c4cccc(C5(c6cccc(C)c6)c6ccccc6-c6ccccc65)c4)c3c2)c1. The standard InChI is InChI=1S/C74H57N3/c1-50-19-13-23-55(43-50)73(68-35-9-5-31-64(68)65-32-6-10-36-69(65)73)57-25-17-28-60(47-57)76(59-27-15-21-52(3)45-59)61-40-39-54-41-42-75(72(54)49-61)77(62-29-16-22-53(4)46-62)63-30-18-26-58(48-63)74(56-24-14-20-51(2)44-56)70-37-11-7-33-66(70)67-34-8-12-38-71(67)74/h5-49H,1-4H3. The van der Waals surface area contributed by atoms with Crippen molar-refractivity contribution >= 4 is 39.3 Å². The van der Waals surface area contributed by atoms with Crippen LogP contribution in [0.15, 0.2) is 273 Å². The normalized spacial score (nSPS) is 13.4. The minimum atomic E-state index is -0.553. The first kappa shape index (κ1) is 46.1. The van der Waals surface area contributed by atoms with Crippen LogP contribution in [-0.2, 0) is 10.8 Å². The molecule has 2 aliphatic rings. The summed E-state index contributed by atoms with van der Waals surface area (Å²) in [7, 11) is 0. The van der Waals surface area contributed by atoms with E-state index in [1.807, 2.05) is 0 Å². The van der Waals surface area contributed by atoms with E-state index >= 15 is 0 Å². The van der Waals surface area contributed by atoms with Crippen LogP contribution in [0.25, 0.3) is 33.2 Å². The van der Waals surface area contributed by atoms with E-state index in [-0.39, 0.29) is 0 Å². The van der Waals surface area contributed by atoms with Gasteiger partial charge in [-0.3, -0.25) is 4.68 Å². The van der Waals surface area contributed by atoms with Crippen LogP contribution in [0.1, 0.15) is 66.8 Å². The zero-order valence-corrected chi connectivity index (χ0v) is 43.8. The number of fused-ring (bicyclic) bond motifs is 7. The van der Waals surface area contributed by atoms with Crippen LogP contribution in [-0.4, -0.2) is 4.68 Å². The van der Waals surface area contributed by atoms with Gasteiger partial charge >= 0.3 is 0 Å². The molecule has 0 aliphatic heterocycles. The van der Waals surface area contributed by atoms with E-state index in [2.05, 4.69) is 315 Å². The molecule has 0 fully saturated rings. The van der Waals surface area contributed by atoms with Crippen molar-refractivity contribution < 1.29 is 0 Å². The van der Waals surface area contributed by atoms with Gasteiger partial charge in [-0.2, -0.15) is 0 Å². The van der Waals surface area contributed by atoms with Crippen LogP contribution in [0.4, 0.5) is 28.4 Å². The maximum atomic E-state index is 2.45. The van der Waals surface area contributed by atoms with Gasteiger partial charge < -0.3 is 4.90 Å². The Morgan fingerprint density at radius 3 is 1.10 bits per heavy atom. The molecule has 0 amide bonds. The molecular formula is C74H57N3. The largest absolute Gasteiger partial charge is 0.310 e. The molecule has 11 aromatic carbocycles. The molecule has 2 aliphatic carbocycles. The average Bonchev–Trinajstić information content (AvgIpc) is 4.15. The van der Waals surface area contributed by atoms with Crippen LogP contribution < -0.4 is 9.91 Å². The summed E-state index contributed by atoms with van der Waals surface area (Å²) < 4.78 is 2.35. The molecule has 0 saturated carbocycles. The Kier molecular flexibility index (Phi) is 10.9. The number of aromatic nitrogens is 1. The lowest BCUT2D eigenvalue weighted by atomic mass is 9.67. The minimum absolute atomic E-state index is 0.546. The summed E-state index contributed by atoms with van der Waals surface area (Å²) in [5, 5.41) is 3.55. The molecule has 3 heteroatoms. The van der Waals surface area contributed by atoms with Gasteiger partial charge in [0, 0.05) is 28.6 Å². The van der Waals surface area contributed by atoms with Crippen LogP contribution in [0, 0.1) is 27.7 Å². The lowest BCUT2D eigenvalue weighted by molar-refractivity contribution is 0.764. The van der Waals surface area contributed by atoms with Crippen molar-refractivity contribution in [1.29, 1.82) is 0 Å². The quantitative estimate of drug-likeness (QED) is 0.135. The molecule has 0 atom stereocenters. The summed E-state index contributed by atoms with van der Waals surface area (Å²) in [5.74, 6) is 0. The van der Waals surface area contributed by atoms with E-state index in [9.17, 15) is 0 Å². The Morgan fingerprint density at radius 2 is 0.636 bits per heavy atom. The Bertz CT molecular complexity index is 4180. The molecule has 0 spiro atoms. The van der Waals surface area contributed by atoms with Gasteiger partial charge in [0.25, 0.3) is 0 Å². The number of benzene rings is 11. The Labute approximate surface area is 452 Å². The van der Waals surface area contributed by atoms with Crippen LogP contribution in [0.2, 0.25) is 0 Å². The summed E-state index contributed by atoms with van der Waals surface area (Å²) in [6.07, 6.45) is 2.23. The molecule has 12 aromatic rings. The zero-order valence-electron chi connectivity index (χ0n) is 43.8. The number of hydrogen-bond donors (Lipinski definition) is 0. The minimum Gasteiger partial charge on any atom is -0.310 e. The molecule has 0 N–H and O–H groups in total. The predicted molar refractivity (Wildman–Crippen MR) is 321 cm³/mol. The van der Waals surface area contributed by atoms with Crippen molar-refractivity contribution in [2.75, 3.05) is 9.91 Å². The molecular weight excluding hydrogens is 931 g/mol. The highest BCUT2D eigenvalue weighted by Gasteiger charge is 2.48. The highest BCUT2D eigenvalue weighted by atomic mass is 15.5. The van der Waals surface area contributed by atoms with E-state index in [0.29, 0.717) is 0 Å². The van der Waals surface area contributed by atoms with Gasteiger partial charge in [-0.05, 0) is 172 Å². The highest BCUT2D eigenvalue weighted by Crippen LogP contribution is 2.58. The Hall–Kier alpha value is -9.44. The number of hydrogen-bond acceptors (Lipinski definition) is 2. The second kappa shape index (κ2) is 18.1. The van der Waals surface area contributed by atoms with Gasteiger partial charge in [0.05, 0.1) is 27.7 Å². The van der Waals surface area contributed by atoms with Crippen LogP contribution in [0.5, 0.6) is 0 Å². The van der Waals surface area contributed by atoms with Gasteiger partial charge in [0.1, 0.15) is 0 Å². The Balaban J connectivity index is 0.968. The lowest BCUT2D eigenvalue weighted by Crippen LogP contribution is -2.30.